The Morgan fingerprint density at radius 2 is 1.86 bits per heavy atom. The van der Waals surface area contributed by atoms with E-state index < -0.39 is 11.9 Å². The highest BCUT2D eigenvalue weighted by Gasteiger charge is 2.35. The summed E-state index contributed by atoms with van der Waals surface area (Å²) in [5, 5.41) is 0.437. The molecule has 2 rings (SSSR count). The van der Waals surface area contributed by atoms with Crippen LogP contribution >= 0.6 is 15.9 Å². The Hall–Kier alpha value is -0.970. The van der Waals surface area contributed by atoms with E-state index in [2.05, 4.69) is 20.3 Å². The molecule has 1 aromatic heterocycles. The molecule has 0 unspecified atom stereocenters. The van der Waals surface area contributed by atoms with Gasteiger partial charge in [0.05, 0.1) is 0 Å². The largest absolute Gasteiger partial charge is 0.451 e. The van der Waals surface area contributed by atoms with E-state index in [9.17, 15) is 13.2 Å². The zero-order valence-corrected chi connectivity index (χ0v) is 8.32. The maximum atomic E-state index is 12.2. The molecular weight excluding hydrogens is 261 g/mol. The van der Waals surface area contributed by atoms with Gasteiger partial charge in [-0.2, -0.15) is 13.2 Å². The second-order valence-electron chi connectivity index (χ2n) is 2.79. The number of hydrogen-bond donors (Lipinski definition) is 0. The van der Waals surface area contributed by atoms with Crippen LogP contribution in [-0.4, -0.2) is 0 Å². The summed E-state index contributed by atoms with van der Waals surface area (Å²) in [6.07, 6.45) is -4.43. The summed E-state index contributed by atoms with van der Waals surface area (Å²) in [4.78, 5) is 0. The molecule has 1 aromatic carbocycles. The van der Waals surface area contributed by atoms with Crippen molar-refractivity contribution in [3.8, 4) is 0 Å². The lowest BCUT2D eigenvalue weighted by molar-refractivity contribution is -0.152. The van der Waals surface area contributed by atoms with Crippen molar-refractivity contribution in [2.45, 2.75) is 6.18 Å². The molecule has 0 radical (unpaired) electrons. The molecule has 1 nitrogen and oxygen atoms in total. The van der Waals surface area contributed by atoms with Gasteiger partial charge in [0.2, 0.25) is 5.76 Å². The molecule has 0 aliphatic heterocycles. The first-order chi connectivity index (χ1) is 6.47. The zero-order valence-electron chi connectivity index (χ0n) is 6.73. The molecule has 0 spiro atoms. The van der Waals surface area contributed by atoms with Gasteiger partial charge in [0, 0.05) is 9.86 Å². The Labute approximate surface area is 85.6 Å². The third-order valence-corrected chi connectivity index (χ3v) is 2.25. The number of benzene rings is 1. The molecule has 0 atom stereocenters. The van der Waals surface area contributed by atoms with Crippen molar-refractivity contribution in [2.24, 2.45) is 0 Å². The van der Waals surface area contributed by atoms with Gasteiger partial charge in [-0.3, -0.25) is 0 Å². The lowest BCUT2D eigenvalue weighted by atomic mass is 10.2. The zero-order chi connectivity index (χ0) is 10.3. The lowest BCUT2D eigenvalue weighted by Crippen LogP contribution is -2.01. The summed E-state index contributed by atoms with van der Waals surface area (Å²) in [6, 6.07) is 5.69. The first-order valence-electron chi connectivity index (χ1n) is 3.73. The van der Waals surface area contributed by atoms with Gasteiger partial charge in [0.25, 0.3) is 0 Å². The van der Waals surface area contributed by atoms with E-state index in [4.69, 9.17) is 0 Å². The molecule has 0 aliphatic rings. The van der Waals surface area contributed by atoms with Gasteiger partial charge >= 0.3 is 6.18 Å². The molecule has 0 saturated carbocycles. The van der Waals surface area contributed by atoms with Crippen molar-refractivity contribution in [1.29, 1.82) is 0 Å². The molecule has 0 aliphatic carbocycles. The average molecular weight is 265 g/mol. The van der Waals surface area contributed by atoms with Crippen LogP contribution in [0.2, 0.25) is 0 Å². The maximum absolute atomic E-state index is 12.2. The Balaban J connectivity index is 2.63. The number of hydrogen-bond acceptors (Lipinski definition) is 1. The third-order valence-electron chi connectivity index (χ3n) is 1.76. The quantitative estimate of drug-likeness (QED) is 0.695. The fourth-order valence-corrected chi connectivity index (χ4v) is 1.53. The highest BCUT2D eigenvalue weighted by atomic mass is 79.9. The van der Waals surface area contributed by atoms with E-state index in [-0.39, 0.29) is 5.58 Å². The van der Waals surface area contributed by atoms with Crippen molar-refractivity contribution >= 4 is 26.9 Å². The number of rotatable bonds is 0. The molecule has 74 valence electrons. The van der Waals surface area contributed by atoms with Crippen LogP contribution < -0.4 is 0 Å². The highest BCUT2D eigenvalue weighted by molar-refractivity contribution is 9.10. The molecule has 0 bridgehead atoms. The SMILES string of the molecule is FC(F)(F)c1cc2cc(Br)ccc2o1. The van der Waals surface area contributed by atoms with Crippen LogP contribution in [-0.2, 0) is 6.18 Å². The van der Waals surface area contributed by atoms with E-state index in [0.717, 1.165) is 10.5 Å². The summed E-state index contributed by atoms with van der Waals surface area (Å²) in [5.74, 6) is -0.967. The molecule has 14 heavy (non-hydrogen) atoms. The molecule has 0 fully saturated rings. The standard InChI is InChI=1S/C9H4BrF3O/c10-6-1-2-7-5(3-6)4-8(14-7)9(11,12)13/h1-4H. The van der Waals surface area contributed by atoms with E-state index in [1.807, 2.05) is 0 Å². The van der Waals surface area contributed by atoms with Crippen LogP contribution in [0.5, 0.6) is 0 Å². The fraction of sp³-hybridized carbons (Fsp3) is 0.111. The topological polar surface area (TPSA) is 13.1 Å². The van der Waals surface area contributed by atoms with Crippen LogP contribution in [0.1, 0.15) is 5.76 Å². The van der Waals surface area contributed by atoms with Crippen molar-refractivity contribution in [3.05, 3.63) is 34.5 Å². The minimum Gasteiger partial charge on any atom is -0.451 e. The van der Waals surface area contributed by atoms with Gasteiger partial charge < -0.3 is 4.42 Å². The van der Waals surface area contributed by atoms with Gasteiger partial charge in [-0.05, 0) is 24.3 Å². The molecule has 1 heterocycles. The van der Waals surface area contributed by atoms with Crippen molar-refractivity contribution < 1.29 is 17.6 Å². The number of halogens is 4. The van der Waals surface area contributed by atoms with E-state index in [0.29, 0.717) is 5.39 Å². The number of alkyl halides is 3. The summed E-state index contributed by atoms with van der Waals surface area (Å²) in [7, 11) is 0. The van der Waals surface area contributed by atoms with Crippen molar-refractivity contribution in [1.82, 2.24) is 0 Å². The van der Waals surface area contributed by atoms with Crippen molar-refractivity contribution in [3.63, 3.8) is 0 Å². The Morgan fingerprint density at radius 3 is 2.50 bits per heavy atom. The van der Waals surface area contributed by atoms with Gasteiger partial charge in [0.15, 0.2) is 0 Å². The molecule has 0 amide bonds. The van der Waals surface area contributed by atoms with Crippen molar-refractivity contribution in [2.75, 3.05) is 0 Å². The summed E-state index contributed by atoms with van der Waals surface area (Å²) in [5.41, 5.74) is 0.237. The summed E-state index contributed by atoms with van der Waals surface area (Å²) >= 11 is 3.17. The minimum absolute atomic E-state index is 0.237. The first-order valence-corrected chi connectivity index (χ1v) is 4.52. The fourth-order valence-electron chi connectivity index (χ4n) is 1.15. The Bertz CT molecular complexity index is 472. The second-order valence-corrected chi connectivity index (χ2v) is 3.71. The number of fused-ring (bicyclic) bond motifs is 1. The molecule has 2 aromatic rings. The highest BCUT2D eigenvalue weighted by Crippen LogP contribution is 2.34. The Morgan fingerprint density at radius 1 is 1.14 bits per heavy atom. The van der Waals surface area contributed by atoms with Crippen LogP contribution in [0.15, 0.2) is 33.2 Å². The number of furan rings is 1. The summed E-state index contributed by atoms with van der Waals surface area (Å²) in [6.45, 7) is 0. The lowest BCUT2D eigenvalue weighted by Gasteiger charge is -1.98. The predicted octanol–water partition coefficient (Wildman–Crippen LogP) is 4.21. The minimum atomic E-state index is -4.43. The van der Waals surface area contributed by atoms with Gasteiger partial charge in [-0.25, -0.2) is 0 Å². The van der Waals surface area contributed by atoms with Gasteiger partial charge in [-0.15, -0.1) is 0 Å². The van der Waals surface area contributed by atoms with E-state index in [1.54, 1.807) is 12.1 Å². The normalized spacial score (nSPS) is 12.3. The monoisotopic (exact) mass is 264 g/mol. The molecule has 5 heteroatoms. The van der Waals surface area contributed by atoms with Crippen LogP contribution in [0.25, 0.3) is 11.0 Å². The first kappa shape index (κ1) is 9.58. The van der Waals surface area contributed by atoms with Crippen LogP contribution in [0.4, 0.5) is 13.2 Å². The smallest absolute Gasteiger partial charge is 0.449 e. The average Bonchev–Trinajstić information content (AvgIpc) is 2.45. The second kappa shape index (κ2) is 3.02. The molecular formula is C9H4BrF3O. The Kier molecular flexibility index (Phi) is 2.06. The predicted molar refractivity (Wildman–Crippen MR) is 48.9 cm³/mol. The summed E-state index contributed by atoms with van der Waals surface area (Å²) < 4.78 is 42.0. The molecule has 0 saturated heterocycles. The van der Waals surface area contributed by atoms with Crippen LogP contribution in [0, 0.1) is 0 Å². The maximum Gasteiger partial charge on any atom is 0.449 e. The molecule has 0 N–H and O–H groups in total. The van der Waals surface area contributed by atoms with E-state index in [1.165, 1.54) is 6.07 Å². The van der Waals surface area contributed by atoms with Gasteiger partial charge in [-0.1, -0.05) is 15.9 Å². The van der Waals surface area contributed by atoms with Gasteiger partial charge in [0.1, 0.15) is 5.58 Å². The van der Waals surface area contributed by atoms with Crippen LogP contribution in [0.3, 0.4) is 0 Å². The van der Waals surface area contributed by atoms with E-state index >= 15 is 0 Å². The third kappa shape index (κ3) is 1.64.